The van der Waals surface area contributed by atoms with Gasteiger partial charge in [0.2, 0.25) is 11.8 Å². The minimum absolute atomic E-state index is 0.106. The molecule has 1 rings (SSSR count). The van der Waals surface area contributed by atoms with Crippen molar-refractivity contribution in [2.24, 2.45) is 5.73 Å². The molecule has 0 saturated heterocycles. The van der Waals surface area contributed by atoms with Gasteiger partial charge in [0.05, 0.1) is 17.3 Å². The van der Waals surface area contributed by atoms with E-state index in [1.165, 1.54) is 14.0 Å². The minimum atomic E-state index is -0.787. The highest BCUT2D eigenvalue weighted by molar-refractivity contribution is 6.34. The molecule has 1 unspecified atom stereocenters. The molecular weight excluding hydrogens is 270 g/mol. The summed E-state index contributed by atoms with van der Waals surface area (Å²) in [6, 6.07) is 3.98. The smallest absolute Gasteiger partial charge is 0.243 e. The molecule has 1 aromatic carbocycles. The van der Waals surface area contributed by atoms with Gasteiger partial charge in [-0.15, -0.1) is 0 Å². The molecule has 0 saturated carbocycles. The highest BCUT2D eigenvalue weighted by atomic mass is 35.5. The van der Waals surface area contributed by atoms with E-state index in [1.54, 1.807) is 18.2 Å². The summed E-state index contributed by atoms with van der Waals surface area (Å²) < 4.78 is 4.79. The van der Waals surface area contributed by atoms with Gasteiger partial charge >= 0.3 is 0 Å². The molecule has 1 aromatic rings. The van der Waals surface area contributed by atoms with E-state index in [4.69, 9.17) is 22.1 Å². The van der Waals surface area contributed by atoms with Gasteiger partial charge < -0.3 is 21.1 Å². The lowest BCUT2D eigenvalue weighted by Crippen LogP contribution is -2.39. The predicted molar refractivity (Wildman–Crippen MR) is 74.2 cm³/mol. The average Bonchev–Trinajstić information content (AvgIpc) is 2.33. The molecule has 0 spiro atoms. The molecule has 4 N–H and O–H groups in total. The largest absolute Gasteiger partial charge is 0.383 e. The Balaban J connectivity index is 2.82. The second-order valence-corrected chi connectivity index (χ2v) is 4.33. The SMILES string of the molecule is COCC(N)C(=O)Nc1cc(NC(C)=O)ccc1Cl. The number of rotatable bonds is 5. The van der Waals surface area contributed by atoms with Gasteiger partial charge in [-0.2, -0.15) is 0 Å². The van der Waals surface area contributed by atoms with Crippen LogP contribution in [0.3, 0.4) is 0 Å². The van der Waals surface area contributed by atoms with Crippen molar-refractivity contribution < 1.29 is 14.3 Å². The molecule has 0 aliphatic rings. The van der Waals surface area contributed by atoms with Crippen LogP contribution in [0.25, 0.3) is 0 Å². The fourth-order valence-electron chi connectivity index (χ4n) is 1.38. The van der Waals surface area contributed by atoms with Crippen molar-refractivity contribution in [1.82, 2.24) is 0 Å². The summed E-state index contributed by atoms with van der Waals surface area (Å²) in [5.41, 5.74) is 6.51. The quantitative estimate of drug-likeness (QED) is 0.758. The molecule has 0 heterocycles. The average molecular weight is 286 g/mol. The maximum Gasteiger partial charge on any atom is 0.243 e. The fraction of sp³-hybridized carbons (Fsp3) is 0.333. The maximum absolute atomic E-state index is 11.7. The van der Waals surface area contributed by atoms with Crippen LogP contribution in [0.2, 0.25) is 5.02 Å². The van der Waals surface area contributed by atoms with Crippen LogP contribution < -0.4 is 16.4 Å². The Kier molecular flexibility index (Phi) is 5.75. The zero-order valence-corrected chi connectivity index (χ0v) is 11.5. The van der Waals surface area contributed by atoms with E-state index in [2.05, 4.69) is 10.6 Å². The van der Waals surface area contributed by atoms with E-state index in [1.807, 2.05) is 0 Å². The van der Waals surface area contributed by atoms with Gasteiger partial charge in [0, 0.05) is 19.7 Å². The molecule has 19 heavy (non-hydrogen) atoms. The van der Waals surface area contributed by atoms with Crippen LogP contribution in [0, 0.1) is 0 Å². The Morgan fingerprint density at radius 2 is 2.11 bits per heavy atom. The van der Waals surface area contributed by atoms with Crippen LogP contribution in [0.5, 0.6) is 0 Å². The number of nitrogens with two attached hydrogens (primary N) is 1. The van der Waals surface area contributed by atoms with Gasteiger partial charge in [-0.25, -0.2) is 0 Å². The summed E-state index contributed by atoms with van der Waals surface area (Å²) in [5.74, 6) is -0.626. The molecule has 0 aliphatic carbocycles. The van der Waals surface area contributed by atoms with Gasteiger partial charge in [0.1, 0.15) is 6.04 Å². The van der Waals surface area contributed by atoms with Crippen molar-refractivity contribution in [1.29, 1.82) is 0 Å². The molecule has 7 heteroatoms. The molecule has 0 aliphatic heterocycles. The van der Waals surface area contributed by atoms with Crippen molar-refractivity contribution >= 4 is 34.8 Å². The first kappa shape index (κ1) is 15.4. The second kappa shape index (κ2) is 7.08. The number of methoxy groups -OCH3 is 1. The first-order valence-corrected chi connectivity index (χ1v) is 5.94. The molecule has 104 valence electrons. The topological polar surface area (TPSA) is 93.4 Å². The molecule has 0 fully saturated rings. The van der Waals surface area contributed by atoms with E-state index in [0.29, 0.717) is 16.4 Å². The number of ether oxygens (including phenoxy) is 1. The molecule has 6 nitrogen and oxygen atoms in total. The fourth-order valence-corrected chi connectivity index (χ4v) is 1.55. The van der Waals surface area contributed by atoms with Gasteiger partial charge in [-0.05, 0) is 18.2 Å². The molecule has 1 atom stereocenters. The lowest BCUT2D eigenvalue weighted by molar-refractivity contribution is -0.118. The zero-order valence-electron chi connectivity index (χ0n) is 10.7. The summed E-state index contributed by atoms with van der Waals surface area (Å²) in [6.07, 6.45) is 0. The standard InChI is InChI=1S/C12H16ClN3O3/c1-7(17)15-8-3-4-9(13)11(5-8)16-12(18)10(14)6-19-2/h3-5,10H,6,14H2,1-2H3,(H,15,17)(H,16,18). The maximum atomic E-state index is 11.7. The van der Waals surface area contributed by atoms with E-state index in [-0.39, 0.29) is 12.5 Å². The van der Waals surface area contributed by atoms with E-state index in [0.717, 1.165) is 0 Å². The third-order valence-corrected chi connectivity index (χ3v) is 2.56. The lowest BCUT2D eigenvalue weighted by Gasteiger charge is -2.13. The lowest BCUT2D eigenvalue weighted by atomic mass is 10.2. The number of anilines is 2. The number of benzene rings is 1. The van der Waals surface area contributed by atoms with Gasteiger partial charge in [-0.3, -0.25) is 9.59 Å². The number of amides is 2. The van der Waals surface area contributed by atoms with Crippen LogP contribution in [0.4, 0.5) is 11.4 Å². The molecule has 0 radical (unpaired) electrons. The first-order valence-electron chi connectivity index (χ1n) is 5.56. The van der Waals surface area contributed by atoms with E-state index < -0.39 is 11.9 Å². The van der Waals surface area contributed by atoms with Crippen molar-refractivity contribution in [2.75, 3.05) is 24.4 Å². The Morgan fingerprint density at radius 3 is 2.68 bits per heavy atom. The van der Waals surface area contributed by atoms with Gasteiger partial charge in [0.25, 0.3) is 0 Å². The Hall–Kier alpha value is -1.63. The summed E-state index contributed by atoms with van der Waals surface area (Å²) >= 11 is 5.96. The second-order valence-electron chi connectivity index (χ2n) is 3.93. The zero-order chi connectivity index (χ0) is 14.4. The van der Waals surface area contributed by atoms with Crippen LogP contribution >= 0.6 is 11.6 Å². The number of carbonyl (C=O) groups excluding carboxylic acids is 2. The highest BCUT2D eigenvalue weighted by Crippen LogP contribution is 2.25. The summed E-state index contributed by atoms with van der Waals surface area (Å²) in [7, 11) is 1.46. The van der Waals surface area contributed by atoms with Gasteiger partial charge in [0.15, 0.2) is 0 Å². The summed E-state index contributed by atoms with van der Waals surface area (Å²) in [4.78, 5) is 22.7. The predicted octanol–water partition coefficient (Wildman–Crippen LogP) is 1.21. The molecule has 2 amide bonds. The number of hydrogen-bond donors (Lipinski definition) is 3. The number of carbonyl (C=O) groups is 2. The third kappa shape index (κ3) is 4.86. The normalized spacial score (nSPS) is 11.8. The van der Waals surface area contributed by atoms with Crippen molar-refractivity contribution in [3.63, 3.8) is 0 Å². The minimum Gasteiger partial charge on any atom is -0.383 e. The number of hydrogen-bond acceptors (Lipinski definition) is 4. The molecule has 0 bridgehead atoms. The highest BCUT2D eigenvalue weighted by Gasteiger charge is 2.14. The molecular formula is C12H16ClN3O3. The van der Waals surface area contributed by atoms with Crippen LogP contribution in [-0.4, -0.2) is 31.6 Å². The third-order valence-electron chi connectivity index (χ3n) is 2.23. The Labute approximate surface area is 116 Å². The van der Waals surface area contributed by atoms with Gasteiger partial charge in [-0.1, -0.05) is 11.6 Å². The monoisotopic (exact) mass is 285 g/mol. The molecule has 0 aromatic heterocycles. The summed E-state index contributed by atoms with van der Waals surface area (Å²) in [5, 5.41) is 5.53. The van der Waals surface area contributed by atoms with Crippen molar-refractivity contribution in [3.05, 3.63) is 23.2 Å². The Morgan fingerprint density at radius 1 is 1.42 bits per heavy atom. The first-order chi connectivity index (χ1) is 8.93. The van der Waals surface area contributed by atoms with Crippen molar-refractivity contribution in [2.45, 2.75) is 13.0 Å². The Bertz CT molecular complexity index is 479. The number of nitrogens with one attached hydrogen (secondary N) is 2. The van der Waals surface area contributed by atoms with E-state index in [9.17, 15) is 9.59 Å². The van der Waals surface area contributed by atoms with Crippen LogP contribution in [0.15, 0.2) is 18.2 Å². The van der Waals surface area contributed by atoms with Crippen molar-refractivity contribution in [3.8, 4) is 0 Å². The van der Waals surface area contributed by atoms with E-state index >= 15 is 0 Å². The number of halogens is 1. The summed E-state index contributed by atoms with van der Waals surface area (Å²) in [6.45, 7) is 1.50. The van der Waals surface area contributed by atoms with Crippen LogP contribution in [0.1, 0.15) is 6.92 Å². The van der Waals surface area contributed by atoms with Crippen LogP contribution in [-0.2, 0) is 14.3 Å².